The van der Waals surface area contributed by atoms with Crippen molar-refractivity contribution < 1.29 is 5.11 Å². The Hall–Kier alpha value is -0.510. The van der Waals surface area contributed by atoms with Crippen LogP contribution in [0.5, 0.6) is 0 Å². The van der Waals surface area contributed by atoms with Gasteiger partial charge in [0.1, 0.15) is 0 Å². The molecule has 0 radical (unpaired) electrons. The first-order valence-electron chi connectivity index (χ1n) is 5.54. The lowest BCUT2D eigenvalue weighted by Crippen LogP contribution is -2.34. The van der Waals surface area contributed by atoms with Gasteiger partial charge in [0.05, 0.1) is 6.10 Å². The molecule has 0 saturated heterocycles. The Morgan fingerprint density at radius 1 is 1.31 bits per heavy atom. The maximum absolute atomic E-state index is 9.92. The lowest BCUT2D eigenvalue weighted by molar-refractivity contribution is 0.174. The fourth-order valence-electron chi connectivity index (χ4n) is 1.38. The van der Waals surface area contributed by atoms with Crippen LogP contribution in [-0.4, -0.2) is 29.2 Å². The summed E-state index contributed by atoms with van der Waals surface area (Å²) in [4.78, 5) is 0. The molecule has 3 heteroatoms. The van der Waals surface area contributed by atoms with Crippen LogP contribution >= 0.6 is 11.8 Å². The molecule has 90 valence electrons. The first-order chi connectivity index (χ1) is 7.55. The van der Waals surface area contributed by atoms with Gasteiger partial charge in [-0.05, 0) is 25.7 Å². The average Bonchev–Trinajstić information content (AvgIpc) is 2.30. The van der Waals surface area contributed by atoms with Crippen molar-refractivity contribution in [1.29, 1.82) is 0 Å². The molecule has 0 spiro atoms. The summed E-state index contributed by atoms with van der Waals surface area (Å²) in [6.45, 7) is 5.89. The Bertz CT molecular complexity index is 300. The SMILES string of the molecule is CSC(C)(C)CNCC(O)c1ccccc1. The van der Waals surface area contributed by atoms with Gasteiger partial charge in [0.15, 0.2) is 0 Å². The van der Waals surface area contributed by atoms with Crippen LogP contribution in [0.15, 0.2) is 30.3 Å². The number of benzene rings is 1. The minimum atomic E-state index is -0.418. The van der Waals surface area contributed by atoms with E-state index < -0.39 is 6.10 Å². The normalized spacial score (nSPS) is 13.8. The number of nitrogens with one attached hydrogen (secondary N) is 1. The number of aliphatic hydroxyl groups excluding tert-OH is 1. The van der Waals surface area contributed by atoms with E-state index in [-0.39, 0.29) is 4.75 Å². The molecule has 1 unspecified atom stereocenters. The molecule has 0 aliphatic rings. The van der Waals surface area contributed by atoms with Crippen LogP contribution < -0.4 is 5.32 Å². The smallest absolute Gasteiger partial charge is 0.0914 e. The third-order valence-electron chi connectivity index (χ3n) is 2.63. The number of rotatable bonds is 6. The predicted octanol–water partition coefficient (Wildman–Crippen LogP) is 2.45. The van der Waals surface area contributed by atoms with E-state index in [0.29, 0.717) is 6.54 Å². The molecule has 0 bridgehead atoms. The average molecular weight is 239 g/mol. The molecule has 1 atom stereocenters. The highest BCUT2D eigenvalue weighted by molar-refractivity contribution is 7.99. The topological polar surface area (TPSA) is 32.3 Å². The van der Waals surface area contributed by atoms with Crippen LogP contribution in [0.4, 0.5) is 0 Å². The molecule has 0 heterocycles. The quantitative estimate of drug-likeness (QED) is 0.800. The summed E-state index contributed by atoms with van der Waals surface area (Å²) in [7, 11) is 0. The summed E-state index contributed by atoms with van der Waals surface area (Å²) in [5, 5.41) is 13.2. The largest absolute Gasteiger partial charge is 0.387 e. The molecule has 1 rings (SSSR count). The van der Waals surface area contributed by atoms with E-state index in [4.69, 9.17) is 0 Å². The molecular formula is C13H21NOS. The van der Waals surface area contributed by atoms with Crippen LogP contribution in [0.25, 0.3) is 0 Å². The van der Waals surface area contributed by atoms with Crippen molar-refractivity contribution in [3.63, 3.8) is 0 Å². The van der Waals surface area contributed by atoms with Crippen molar-refractivity contribution in [3.05, 3.63) is 35.9 Å². The van der Waals surface area contributed by atoms with E-state index in [1.165, 1.54) is 0 Å². The zero-order chi connectivity index (χ0) is 12.0. The van der Waals surface area contributed by atoms with Crippen molar-refractivity contribution >= 4 is 11.8 Å². The molecule has 0 saturated carbocycles. The van der Waals surface area contributed by atoms with Crippen LogP contribution in [0.2, 0.25) is 0 Å². The fraction of sp³-hybridized carbons (Fsp3) is 0.538. The van der Waals surface area contributed by atoms with Crippen LogP contribution in [0, 0.1) is 0 Å². The number of hydrogen-bond acceptors (Lipinski definition) is 3. The zero-order valence-electron chi connectivity index (χ0n) is 10.2. The van der Waals surface area contributed by atoms with Crippen LogP contribution in [-0.2, 0) is 0 Å². The Morgan fingerprint density at radius 3 is 2.50 bits per heavy atom. The Labute approximate surface area is 102 Å². The summed E-state index contributed by atoms with van der Waals surface area (Å²) < 4.78 is 0.219. The summed E-state index contributed by atoms with van der Waals surface area (Å²) in [6, 6.07) is 9.76. The van der Waals surface area contributed by atoms with Crippen molar-refractivity contribution in [3.8, 4) is 0 Å². The maximum Gasteiger partial charge on any atom is 0.0914 e. The fourth-order valence-corrected chi connectivity index (χ4v) is 1.62. The first kappa shape index (κ1) is 13.6. The molecule has 2 nitrogen and oxygen atoms in total. The second kappa shape index (κ2) is 6.28. The number of aliphatic hydroxyl groups is 1. The van der Waals surface area contributed by atoms with Gasteiger partial charge in [0.25, 0.3) is 0 Å². The van der Waals surface area contributed by atoms with Gasteiger partial charge in [-0.3, -0.25) is 0 Å². The van der Waals surface area contributed by atoms with Crippen LogP contribution in [0.3, 0.4) is 0 Å². The Balaban J connectivity index is 2.34. The maximum atomic E-state index is 9.92. The second-order valence-corrected chi connectivity index (χ2v) is 6.03. The molecule has 0 aliphatic heterocycles. The third kappa shape index (κ3) is 4.56. The molecular weight excluding hydrogens is 218 g/mol. The van der Waals surface area contributed by atoms with Gasteiger partial charge in [0, 0.05) is 17.8 Å². The summed E-state index contributed by atoms with van der Waals surface area (Å²) in [5.41, 5.74) is 0.969. The summed E-state index contributed by atoms with van der Waals surface area (Å²) in [6.07, 6.45) is 1.69. The molecule has 0 fully saturated rings. The van der Waals surface area contributed by atoms with Gasteiger partial charge < -0.3 is 10.4 Å². The highest BCUT2D eigenvalue weighted by atomic mass is 32.2. The molecule has 0 amide bonds. The van der Waals surface area contributed by atoms with E-state index in [1.54, 1.807) is 0 Å². The van der Waals surface area contributed by atoms with Crippen LogP contribution in [0.1, 0.15) is 25.5 Å². The van der Waals surface area contributed by atoms with Gasteiger partial charge in [-0.1, -0.05) is 30.3 Å². The van der Waals surface area contributed by atoms with Gasteiger partial charge in [-0.2, -0.15) is 11.8 Å². The third-order valence-corrected chi connectivity index (χ3v) is 3.87. The molecule has 1 aromatic rings. The van der Waals surface area contributed by atoms with E-state index in [9.17, 15) is 5.11 Å². The van der Waals surface area contributed by atoms with Gasteiger partial charge in [0.2, 0.25) is 0 Å². The van der Waals surface area contributed by atoms with Gasteiger partial charge in [-0.15, -0.1) is 0 Å². The highest BCUT2D eigenvalue weighted by Gasteiger charge is 2.16. The van der Waals surface area contributed by atoms with E-state index >= 15 is 0 Å². The molecule has 1 aromatic carbocycles. The van der Waals surface area contributed by atoms with E-state index in [0.717, 1.165) is 12.1 Å². The highest BCUT2D eigenvalue weighted by Crippen LogP contribution is 2.20. The van der Waals surface area contributed by atoms with E-state index in [2.05, 4.69) is 25.4 Å². The van der Waals surface area contributed by atoms with Gasteiger partial charge in [-0.25, -0.2) is 0 Å². The van der Waals surface area contributed by atoms with Crippen molar-refractivity contribution in [2.75, 3.05) is 19.3 Å². The summed E-state index contributed by atoms with van der Waals surface area (Å²) in [5.74, 6) is 0. The second-order valence-electron chi connectivity index (χ2n) is 4.52. The minimum Gasteiger partial charge on any atom is -0.387 e. The standard InChI is InChI=1S/C13H21NOS/c1-13(2,16-3)10-14-9-12(15)11-7-5-4-6-8-11/h4-8,12,14-15H,9-10H2,1-3H3. The molecule has 0 aromatic heterocycles. The first-order valence-corrected chi connectivity index (χ1v) is 6.76. The lowest BCUT2D eigenvalue weighted by Gasteiger charge is -2.23. The Morgan fingerprint density at radius 2 is 1.94 bits per heavy atom. The minimum absolute atomic E-state index is 0.219. The molecule has 16 heavy (non-hydrogen) atoms. The van der Waals surface area contributed by atoms with Crippen molar-refractivity contribution in [2.24, 2.45) is 0 Å². The van der Waals surface area contributed by atoms with Crippen molar-refractivity contribution in [2.45, 2.75) is 24.7 Å². The number of hydrogen-bond donors (Lipinski definition) is 2. The monoisotopic (exact) mass is 239 g/mol. The molecule has 0 aliphatic carbocycles. The number of thioether (sulfide) groups is 1. The summed E-state index contributed by atoms with van der Waals surface area (Å²) >= 11 is 1.83. The Kier molecular flexibility index (Phi) is 5.32. The zero-order valence-corrected chi connectivity index (χ0v) is 11.1. The van der Waals surface area contributed by atoms with Gasteiger partial charge >= 0.3 is 0 Å². The lowest BCUT2D eigenvalue weighted by atomic mass is 10.1. The van der Waals surface area contributed by atoms with Crippen molar-refractivity contribution in [1.82, 2.24) is 5.32 Å². The predicted molar refractivity (Wildman–Crippen MR) is 71.9 cm³/mol. The van der Waals surface area contributed by atoms with E-state index in [1.807, 2.05) is 42.1 Å². The molecule has 2 N–H and O–H groups in total.